The second-order valence-electron chi connectivity index (χ2n) is 8.18. The first-order valence-electron chi connectivity index (χ1n) is 10.8. The molecule has 3 aromatic rings. The van der Waals surface area contributed by atoms with Crippen molar-refractivity contribution in [3.8, 4) is 11.4 Å². The van der Waals surface area contributed by atoms with Crippen molar-refractivity contribution < 1.29 is 4.79 Å². The highest BCUT2D eigenvalue weighted by atomic mass is 32.2. The first-order chi connectivity index (χ1) is 15.2. The van der Waals surface area contributed by atoms with E-state index in [1.807, 2.05) is 25.1 Å². The summed E-state index contributed by atoms with van der Waals surface area (Å²) in [6.45, 7) is 4.28. The molecule has 2 aliphatic rings. The minimum absolute atomic E-state index is 0.0321. The minimum atomic E-state index is -0.0321. The molecular weight excluding hydrogens is 408 g/mol. The van der Waals surface area contributed by atoms with Crippen LogP contribution in [0.25, 0.3) is 11.4 Å². The number of nitrogens with one attached hydrogen (secondary N) is 1. The van der Waals surface area contributed by atoms with Gasteiger partial charge < -0.3 is 10.2 Å². The molecule has 1 aromatic carbocycles. The monoisotopic (exact) mass is 434 g/mol. The van der Waals surface area contributed by atoms with Crippen LogP contribution >= 0.6 is 11.8 Å². The first-order valence-corrected chi connectivity index (χ1v) is 11.8. The largest absolute Gasteiger partial charge is 0.372 e. The molecule has 1 N–H and O–H groups in total. The Balaban J connectivity index is 1.25. The number of aromatic nitrogens is 4. The van der Waals surface area contributed by atoms with E-state index in [2.05, 4.69) is 42.1 Å². The number of hydrogen-bond donors (Lipinski definition) is 1. The van der Waals surface area contributed by atoms with Gasteiger partial charge in [0.05, 0.1) is 5.75 Å². The van der Waals surface area contributed by atoms with Gasteiger partial charge >= 0.3 is 0 Å². The van der Waals surface area contributed by atoms with Crippen LogP contribution in [0.2, 0.25) is 0 Å². The molecule has 31 heavy (non-hydrogen) atoms. The molecule has 3 heterocycles. The van der Waals surface area contributed by atoms with Crippen molar-refractivity contribution in [2.45, 2.75) is 43.8 Å². The number of anilines is 2. The van der Waals surface area contributed by atoms with Crippen LogP contribution in [0.5, 0.6) is 0 Å². The number of aryl methyl sites for hydroxylation is 1. The molecule has 1 aliphatic heterocycles. The lowest BCUT2D eigenvalue weighted by molar-refractivity contribution is -0.113. The second kappa shape index (κ2) is 8.70. The van der Waals surface area contributed by atoms with Crippen LogP contribution in [0.15, 0.2) is 47.9 Å². The van der Waals surface area contributed by atoms with Crippen LogP contribution in [0.1, 0.15) is 37.3 Å². The van der Waals surface area contributed by atoms with E-state index >= 15 is 0 Å². The van der Waals surface area contributed by atoms with Gasteiger partial charge in [-0.15, -0.1) is 10.2 Å². The molecule has 0 unspecified atom stereocenters. The molecule has 1 saturated heterocycles. The lowest BCUT2D eigenvalue weighted by Gasteiger charge is -2.19. The minimum Gasteiger partial charge on any atom is -0.372 e. The first kappa shape index (κ1) is 20.1. The smallest absolute Gasteiger partial charge is 0.234 e. The lowest BCUT2D eigenvalue weighted by atomic mass is 10.1. The highest BCUT2D eigenvalue weighted by molar-refractivity contribution is 7.99. The van der Waals surface area contributed by atoms with Gasteiger partial charge in [-0.2, -0.15) is 0 Å². The number of carbonyl (C=O) groups excluding carboxylic acids is 1. The Morgan fingerprint density at radius 2 is 2.03 bits per heavy atom. The van der Waals surface area contributed by atoms with Crippen LogP contribution < -0.4 is 10.2 Å². The fourth-order valence-electron chi connectivity index (χ4n) is 4.01. The van der Waals surface area contributed by atoms with Crippen LogP contribution in [-0.4, -0.2) is 44.5 Å². The van der Waals surface area contributed by atoms with E-state index in [0.717, 1.165) is 53.7 Å². The van der Waals surface area contributed by atoms with Gasteiger partial charge in [0.15, 0.2) is 11.0 Å². The zero-order chi connectivity index (χ0) is 21.2. The molecule has 0 atom stereocenters. The number of nitrogens with zero attached hydrogens (tertiary/aromatic N) is 5. The normalized spacial score (nSPS) is 16.0. The number of amides is 1. The van der Waals surface area contributed by atoms with Gasteiger partial charge in [-0.05, 0) is 68.5 Å². The predicted octanol–water partition coefficient (Wildman–Crippen LogP) is 4.31. The SMILES string of the molecule is Cc1cc(N2CCCC2)ccc1NC(=O)CSc1nnc(-c2cccnc2)n1C1CC1. The molecular formula is C23H26N6OS. The summed E-state index contributed by atoms with van der Waals surface area (Å²) < 4.78 is 2.16. The summed E-state index contributed by atoms with van der Waals surface area (Å²) in [4.78, 5) is 19.2. The van der Waals surface area contributed by atoms with E-state index < -0.39 is 0 Å². The van der Waals surface area contributed by atoms with E-state index in [1.54, 1.807) is 12.4 Å². The van der Waals surface area contributed by atoms with Gasteiger partial charge in [0, 0.05) is 48.5 Å². The van der Waals surface area contributed by atoms with Crippen molar-refractivity contribution in [3.63, 3.8) is 0 Å². The van der Waals surface area contributed by atoms with Gasteiger partial charge in [-0.1, -0.05) is 11.8 Å². The third-order valence-corrected chi connectivity index (χ3v) is 6.73. The van der Waals surface area contributed by atoms with Crippen molar-refractivity contribution in [2.75, 3.05) is 29.1 Å². The highest BCUT2D eigenvalue weighted by Gasteiger charge is 2.30. The fourth-order valence-corrected chi connectivity index (χ4v) is 4.81. The Labute approximate surface area is 186 Å². The van der Waals surface area contributed by atoms with Crippen LogP contribution in [0.4, 0.5) is 11.4 Å². The molecule has 0 spiro atoms. The number of benzene rings is 1. The zero-order valence-corrected chi connectivity index (χ0v) is 18.4. The maximum absolute atomic E-state index is 12.6. The Kier molecular flexibility index (Phi) is 5.63. The number of carbonyl (C=O) groups is 1. The molecule has 0 radical (unpaired) electrons. The number of hydrogen-bond acceptors (Lipinski definition) is 6. The van der Waals surface area contributed by atoms with Crippen molar-refractivity contribution in [1.82, 2.24) is 19.7 Å². The molecule has 0 bridgehead atoms. The Bertz CT molecular complexity index is 1070. The summed E-state index contributed by atoms with van der Waals surface area (Å²) in [5.41, 5.74) is 4.14. The molecule has 1 amide bonds. The molecule has 1 aliphatic carbocycles. The highest BCUT2D eigenvalue weighted by Crippen LogP contribution is 2.41. The number of thioether (sulfide) groups is 1. The summed E-state index contributed by atoms with van der Waals surface area (Å²) in [6.07, 6.45) is 8.30. The molecule has 5 rings (SSSR count). The molecule has 7 nitrogen and oxygen atoms in total. The maximum atomic E-state index is 12.6. The Morgan fingerprint density at radius 1 is 1.19 bits per heavy atom. The number of pyridine rings is 1. The lowest BCUT2D eigenvalue weighted by Crippen LogP contribution is -2.18. The third-order valence-electron chi connectivity index (χ3n) is 5.78. The van der Waals surface area contributed by atoms with Gasteiger partial charge in [-0.3, -0.25) is 14.3 Å². The summed E-state index contributed by atoms with van der Waals surface area (Å²) in [7, 11) is 0. The molecule has 160 valence electrons. The maximum Gasteiger partial charge on any atom is 0.234 e. The van der Waals surface area contributed by atoms with Crippen molar-refractivity contribution in [3.05, 3.63) is 48.3 Å². The summed E-state index contributed by atoms with van der Waals surface area (Å²) in [5, 5.41) is 12.6. The summed E-state index contributed by atoms with van der Waals surface area (Å²) in [5.74, 6) is 1.09. The van der Waals surface area contributed by atoms with Gasteiger partial charge in [-0.25, -0.2) is 0 Å². The standard InChI is InChI=1S/C23H26N6OS/c1-16-13-19(28-11-2-3-12-28)8-9-20(16)25-21(30)15-31-23-27-26-22(29(23)18-6-7-18)17-5-4-10-24-14-17/h4-5,8-10,13-14,18H,2-3,6-7,11-12,15H2,1H3,(H,25,30). The fraction of sp³-hybridized carbons (Fsp3) is 0.391. The third kappa shape index (κ3) is 4.44. The Morgan fingerprint density at radius 3 is 2.74 bits per heavy atom. The Hall–Kier alpha value is -2.87. The summed E-state index contributed by atoms with van der Waals surface area (Å²) in [6, 6.07) is 10.6. The molecule has 8 heteroatoms. The number of rotatable bonds is 7. The predicted molar refractivity (Wildman–Crippen MR) is 124 cm³/mol. The van der Waals surface area contributed by atoms with E-state index in [-0.39, 0.29) is 5.91 Å². The van der Waals surface area contributed by atoms with E-state index in [4.69, 9.17) is 0 Å². The van der Waals surface area contributed by atoms with E-state index in [0.29, 0.717) is 11.8 Å². The second-order valence-corrected chi connectivity index (χ2v) is 9.12. The topological polar surface area (TPSA) is 75.9 Å². The van der Waals surface area contributed by atoms with Crippen LogP contribution in [-0.2, 0) is 4.79 Å². The average molecular weight is 435 g/mol. The van der Waals surface area contributed by atoms with Crippen molar-refractivity contribution in [2.24, 2.45) is 0 Å². The van der Waals surface area contributed by atoms with Gasteiger partial charge in [0.1, 0.15) is 0 Å². The summed E-state index contributed by atoms with van der Waals surface area (Å²) >= 11 is 1.44. The molecule has 2 aromatic heterocycles. The van der Waals surface area contributed by atoms with Crippen molar-refractivity contribution >= 4 is 29.0 Å². The van der Waals surface area contributed by atoms with Crippen LogP contribution in [0.3, 0.4) is 0 Å². The average Bonchev–Trinajstić information content (AvgIpc) is 3.30. The van der Waals surface area contributed by atoms with Crippen LogP contribution in [0, 0.1) is 6.92 Å². The van der Waals surface area contributed by atoms with Crippen molar-refractivity contribution in [1.29, 1.82) is 0 Å². The van der Waals surface area contributed by atoms with Gasteiger partial charge in [0.25, 0.3) is 0 Å². The quantitative estimate of drug-likeness (QED) is 0.559. The molecule has 2 fully saturated rings. The zero-order valence-electron chi connectivity index (χ0n) is 17.6. The van der Waals surface area contributed by atoms with E-state index in [9.17, 15) is 4.79 Å². The van der Waals surface area contributed by atoms with Gasteiger partial charge in [0.2, 0.25) is 5.91 Å². The molecule has 1 saturated carbocycles. The van der Waals surface area contributed by atoms with E-state index in [1.165, 1.54) is 30.3 Å².